The molecule has 3 rings (SSSR count). The normalized spacial score (nSPS) is 22.4. The zero-order valence-electron chi connectivity index (χ0n) is 14.8. The number of para-hydroxylation sites is 1. The highest BCUT2D eigenvalue weighted by Gasteiger charge is 2.26. The van der Waals surface area contributed by atoms with Gasteiger partial charge in [-0.15, -0.1) is 0 Å². The van der Waals surface area contributed by atoms with Crippen molar-refractivity contribution in [3.63, 3.8) is 0 Å². The van der Waals surface area contributed by atoms with Gasteiger partial charge < -0.3 is 19.9 Å². The van der Waals surface area contributed by atoms with E-state index in [9.17, 15) is 10.1 Å². The first kappa shape index (κ1) is 17.7. The first-order valence-corrected chi connectivity index (χ1v) is 8.99. The van der Waals surface area contributed by atoms with Gasteiger partial charge in [0.25, 0.3) is 0 Å². The number of carbonyl (C=O) groups excluding carboxylic acids is 1. The molecule has 2 aliphatic rings. The van der Waals surface area contributed by atoms with Crippen LogP contribution in [0.3, 0.4) is 0 Å². The molecule has 6 nitrogen and oxygen atoms in total. The molecule has 134 valence electrons. The van der Waals surface area contributed by atoms with Crippen molar-refractivity contribution in [1.29, 1.82) is 5.26 Å². The molecule has 1 unspecified atom stereocenters. The number of likely N-dealkylation sites (N-methyl/N-ethyl adjacent to an activating group) is 1. The number of amides is 1. The minimum Gasteiger partial charge on any atom is -0.370 e. The maximum Gasteiger partial charge on any atom is 0.250 e. The Morgan fingerprint density at radius 3 is 2.80 bits per heavy atom. The number of ether oxygens (including phenoxy) is 1. The maximum atomic E-state index is 12.2. The largest absolute Gasteiger partial charge is 0.370 e. The summed E-state index contributed by atoms with van der Waals surface area (Å²) in [5.41, 5.74) is 1.75. The summed E-state index contributed by atoms with van der Waals surface area (Å²) >= 11 is 0. The van der Waals surface area contributed by atoms with E-state index in [1.165, 1.54) is 0 Å². The molecule has 0 aliphatic carbocycles. The summed E-state index contributed by atoms with van der Waals surface area (Å²) in [5, 5.41) is 12.3. The second kappa shape index (κ2) is 8.32. The SMILES string of the molecule is CN1CCOC(C(=O)NCC2CCN(c3ccccc3C#N)CC2)C1. The highest BCUT2D eigenvalue weighted by atomic mass is 16.5. The third-order valence-corrected chi connectivity index (χ3v) is 5.11. The van der Waals surface area contributed by atoms with E-state index in [2.05, 4.69) is 21.2 Å². The molecule has 1 aromatic carbocycles. The van der Waals surface area contributed by atoms with Crippen molar-refractivity contribution in [2.45, 2.75) is 18.9 Å². The average Bonchev–Trinajstić information content (AvgIpc) is 2.66. The third kappa shape index (κ3) is 4.50. The van der Waals surface area contributed by atoms with Gasteiger partial charge in [-0.3, -0.25) is 4.79 Å². The number of hydrogen-bond acceptors (Lipinski definition) is 5. The van der Waals surface area contributed by atoms with E-state index in [4.69, 9.17) is 4.74 Å². The molecule has 2 saturated heterocycles. The summed E-state index contributed by atoms with van der Waals surface area (Å²) < 4.78 is 5.56. The topological polar surface area (TPSA) is 68.6 Å². The van der Waals surface area contributed by atoms with Gasteiger partial charge in [0.2, 0.25) is 5.91 Å². The molecule has 6 heteroatoms. The summed E-state index contributed by atoms with van der Waals surface area (Å²) in [5.74, 6) is 0.486. The van der Waals surface area contributed by atoms with Crippen molar-refractivity contribution >= 4 is 11.6 Å². The predicted molar refractivity (Wildman–Crippen MR) is 96.3 cm³/mol. The Labute approximate surface area is 149 Å². The molecule has 2 fully saturated rings. The number of nitrogens with one attached hydrogen (secondary N) is 1. The summed E-state index contributed by atoms with van der Waals surface area (Å²) in [6.45, 7) is 4.70. The van der Waals surface area contributed by atoms with Gasteiger partial charge in [-0.1, -0.05) is 12.1 Å². The van der Waals surface area contributed by atoms with Crippen LogP contribution < -0.4 is 10.2 Å². The lowest BCUT2D eigenvalue weighted by molar-refractivity contribution is -0.138. The van der Waals surface area contributed by atoms with Gasteiger partial charge in [0.1, 0.15) is 12.2 Å². The Kier molecular flexibility index (Phi) is 5.90. The lowest BCUT2D eigenvalue weighted by atomic mass is 9.95. The van der Waals surface area contributed by atoms with E-state index in [1.807, 2.05) is 31.3 Å². The molecule has 1 aromatic rings. The van der Waals surface area contributed by atoms with Gasteiger partial charge in [-0.25, -0.2) is 0 Å². The highest BCUT2D eigenvalue weighted by molar-refractivity contribution is 5.81. The van der Waals surface area contributed by atoms with Crippen molar-refractivity contribution < 1.29 is 9.53 Å². The van der Waals surface area contributed by atoms with E-state index in [1.54, 1.807) is 0 Å². The average molecular weight is 342 g/mol. The first-order chi connectivity index (χ1) is 12.2. The fourth-order valence-corrected chi connectivity index (χ4v) is 3.52. The van der Waals surface area contributed by atoms with Crippen molar-refractivity contribution in [3.05, 3.63) is 29.8 Å². The summed E-state index contributed by atoms with van der Waals surface area (Å²) in [7, 11) is 2.01. The van der Waals surface area contributed by atoms with Crippen LogP contribution in [0.1, 0.15) is 18.4 Å². The van der Waals surface area contributed by atoms with Gasteiger partial charge in [0.15, 0.2) is 0 Å². The standard InChI is InChI=1S/C19H26N4O2/c1-22-10-11-25-18(14-22)19(24)21-13-15-6-8-23(9-7-15)17-5-3-2-4-16(17)12-20/h2-5,15,18H,6-11,13-14H2,1H3,(H,21,24). The lowest BCUT2D eigenvalue weighted by Crippen LogP contribution is -2.49. The van der Waals surface area contributed by atoms with Crippen molar-refractivity contribution in [2.75, 3.05) is 51.3 Å². The van der Waals surface area contributed by atoms with Crippen LogP contribution in [0, 0.1) is 17.2 Å². The van der Waals surface area contributed by atoms with Crippen LogP contribution >= 0.6 is 0 Å². The van der Waals surface area contributed by atoms with Gasteiger partial charge in [0.05, 0.1) is 17.9 Å². The molecule has 1 amide bonds. The molecule has 1 atom stereocenters. The van der Waals surface area contributed by atoms with Crippen molar-refractivity contribution in [2.24, 2.45) is 5.92 Å². The Hall–Kier alpha value is -2.10. The number of rotatable bonds is 4. The molecule has 0 saturated carbocycles. The van der Waals surface area contributed by atoms with Gasteiger partial charge in [-0.2, -0.15) is 5.26 Å². The Balaban J connectivity index is 1.45. The predicted octanol–water partition coefficient (Wildman–Crippen LogP) is 1.22. The number of anilines is 1. The summed E-state index contributed by atoms with van der Waals surface area (Å²) in [6.07, 6.45) is 1.69. The Morgan fingerprint density at radius 2 is 2.08 bits per heavy atom. The van der Waals surface area contributed by atoms with Crippen molar-refractivity contribution in [3.8, 4) is 6.07 Å². The quantitative estimate of drug-likeness (QED) is 0.891. The number of piperidine rings is 1. The monoisotopic (exact) mass is 342 g/mol. The van der Waals surface area contributed by atoms with E-state index in [0.717, 1.165) is 43.7 Å². The van der Waals surface area contributed by atoms with Crippen LogP contribution in [0.25, 0.3) is 0 Å². The van der Waals surface area contributed by atoms with Crippen LogP contribution in [-0.4, -0.2) is 63.3 Å². The fourth-order valence-electron chi connectivity index (χ4n) is 3.52. The van der Waals surface area contributed by atoms with Crippen molar-refractivity contribution in [1.82, 2.24) is 10.2 Å². The summed E-state index contributed by atoms with van der Waals surface area (Å²) in [4.78, 5) is 16.6. The van der Waals surface area contributed by atoms with E-state index in [-0.39, 0.29) is 12.0 Å². The number of benzene rings is 1. The molecular formula is C19H26N4O2. The second-order valence-electron chi connectivity index (χ2n) is 6.93. The van der Waals surface area contributed by atoms with E-state index in [0.29, 0.717) is 25.6 Å². The lowest BCUT2D eigenvalue weighted by Gasteiger charge is -2.34. The van der Waals surface area contributed by atoms with E-state index >= 15 is 0 Å². The molecule has 25 heavy (non-hydrogen) atoms. The fraction of sp³-hybridized carbons (Fsp3) is 0.579. The van der Waals surface area contributed by atoms with Gasteiger partial charge in [0, 0.05) is 32.7 Å². The van der Waals surface area contributed by atoms with Crippen LogP contribution in [-0.2, 0) is 9.53 Å². The Bertz CT molecular complexity index is 635. The molecule has 0 aromatic heterocycles. The molecule has 2 aliphatic heterocycles. The molecule has 1 N–H and O–H groups in total. The second-order valence-corrected chi connectivity index (χ2v) is 6.93. The smallest absolute Gasteiger partial charge is 0.250 e. The first-order valence-electron chi connectivity index (χ1n) is 8.99. The molecule has 0 radical (unpaired) electrons. The number of nitriles is 1. The summed E-state index contributed by atoms with van der Waals surface area (Å²) in [6, 6.07) is 10.0. The van der Waals surface area contributed by atoms with Gasteiger partial charge >= 0.3 is 0 Å². The third-order valence-electron chi connectivity index (χ3n) is 5.11. The van der Waals surface area contributed by atoms with Crippen LogP contribution in [0.5, 0.6) is 0 Å². The zero-order valence-corrected chi connectivity index (χ0v) is 14.8. The maximum absolute atomic E-state index is 12.2. The molecular weight excluding hydrogens is 316 g/mol. The Morgan fingerprint density at radius 1 is 1.32 bits per heavy atom. The van der Waals surface area contributed by atoms with Gasteiger partial charge in [-0.05, 0) is 37.9 Å². The minimum absolute atomic E-state index is 0.00352. The van der Waals surface area contributed by atoms with E-state index < -0.39 is 0 Å². The van der Waals surface area contributed by atoms with Crippen LogP contribution in [0.2, 0.25) is 0 Å². The molecule has 2 heterocycles. The number of carbonyl (C=O) groups is 1. The zero-order chi connectivity index (χ0) is 17.6. The van der Waals surface area contributed by atoms with Crippen LogP contribution in [0.15, 0.2) is 24.3 Å². The number of nitrogens with zero attached hydrogens (tertiary/aromatic N) is 3. The molecule has 0 spiro atoms. The van der Waals surface area contributed by atoms with Crippen LogP contribution in [0.4, 0.5) is 5.69 Å². The number of morpholine rings is 1. The minimum atomic E-state index is -0.346. The molecule has 0 bridgehead atoms. The number of hydrogen-bond donors (Lipinski definition) is 1. The highest BCUT2D eigenvalue weighted by Crippen LogP contribution is 2.25.